The second-order valence-corrected chi connectivity index (χ2v) is 7.07. The summed E-state index contributed by atoms with van der Waals surface area (Å²) in [5.74, 6) is -2.03. The normalized spacial score (nSPS) is 12.8. The second-order valence-electron chi connectivity index (χ2n) is 7.07. The third-order valence-electron chi connectivity index (χ3n) is 4.58. The van der Waals surface area contributed by atoms with Crippen molar-refractivity contribution in [2.45, 2.75) is 77.3 Å². The fourth-order valence-corrected chi connectivity index (χ4v) is 3.03. The van der Waals surface area contributed by atoms with E-state index in [9.17, 15) is 18.8 Å². The van der Waals surface area contributed by atoms with Gasteiger partial charge in [0.1, 0.15) is 17.9 Å². The molecule has 3 amide bonds. The van der Waals surface area contributed by atoms with Crippen molar-refractivity contribution in [3.8, 4) is 0 Å². The van der Waals surface area contributed by atoms with E-state index in [-0.39, 0.29) is 6.42 Å². The summed E-state index contributed by atoms with van der Waals surface area (Å²) in [6.07, 6.45) is 6.74. The van der Waals surface area contributed by atoms with Gasteiger partial charge in [0.15, 0.2) is 0 Å². The highest BCUT2D eigenvalue weighted by atomic mass is 19.1. The minimum Gasteiger partial charge on any atom is -0.368 e. The van der Waals surface area contributed by atoms with Crippen LogP contribution in [-0.2, 0) is 20.8 Å². The number of unbranched alkanes of at least 4 members (excludes halogenated alkanes) is 5. The molecule has 0 aliphatic rings. The minimum atomic E-state index is -0.985. The van der Waals surface area contributed by atoms with Gasteiger partial charge in [-0.3, -0.25) is 14.4 Å². The van der Waals surface area contributed by atoms with E-state index in [1.807, 2.05) is 0 Å². The van der Waals surface area contributed by atoms with E-state index in [2.05, 4.69) is 17.6 Å². The lowest BCUT2D eigenvalue weighted by molar-refractivity contribution is -0.131. The lowest BCUT2D eigenvalue weighted by Gasteiger charge is -2.22. The van der Waals surface area contributed by atoms with Crippen LogP contribution in [0.5, 0.6) is 0 Å². The fourth-order valence-electron chi connectivity index (χ4n) is 3.03. The van der Waals surface area contributed by atoms with Crippen LogP contribution in [0.4, 0.5) is 4.39 Å². The fraction of sp³-hybridized carbons (Fsp3) is 0.571. The summed E-state index contributed by atoms with van der Waals surface area (Å²) in [6.45, 7) is 3.43. The zero-order chi connectivity index (χ0) is 20.9. The number of halogens is 1. The molecule has 156 valence electrons. The van der Waals surface area contributed by atoms with E-state index in [4.69, 9.17) is 5.73 Å². The molecule has 0 saturated carbocycles. The Morgan fingerprint density at radius 1 is 1.00 bits per heavy atom. The average molecular weight is 394 g/mol. The molecule has 0 radical (unpaired) electrons. The number of carbonyl (C=O) groups excluding carboxylic acids is 3. The Morgan fingerprint density at radius 3 is 2.25 bits per heavy atom. The Labute approximate surface area is 166 Å². The first-order valence-corrected chi connectivity index (χ1v) is 9.95. The number of amides is 3. The number of nitrogens with one attached hydrogen (secondary N) is 2. The van der Waals surface area contributed by atoms with Gasteiger partial charge in [0.25, 0.3) is 0 Å². The largest absolute Gasteiger partial charge is 0.368 e. The SMILES string of the molecule is CCCCCCCC[C@@H](NC(=O)[C@@H](Cc1ccccc1F)NC(C)=O)C(N)=O. The molecule has 0 aliphatic heterocycles. The van der Waals surface area contributed by atoms with E-state index in [1.165, 1.54) is 19.4 Å². The van der Waals surface area contributed by atoms with Crippen LogP contribution in [0.1, 0.15) is 64.4 Å². The van der Waals surface area contributed by atoms with Crippen LogP contribution < -0.4 is 16.4 Å². The summed E-state index contributed by atoms with van der Waals surface area (Å²) < 4.78 is 13.9. The van der Waals surface area contributed by atoms with E-state index < -0.39 is 35.6 Å². The molecule has 4 N–H and O–H groups in total. The van der Waals surface area contributed by atoms with E-state index in [0.717, 1.165) is 32.1 Å². The van der Waals surface area contributed by atoms with Crippen LogP contribution in [0.2, 0.25) is 0 Å². The van der Waals surface area contributed by atoms with Gasteiger partial charge in [-0.25, -0.2) is 4.39 Å². The smallest absolute Gasteiger partial charge is 0.243 e. The van der Waals surface area contributed by atoms with Crippen molar-refractivity contribution in [2.75, 3.05) is 0 Å². The summed E-state index contributed by atoms with van der Waals surface area (Å²) >= 11 is 0. The highest BCUT2D eigenvalue weighted by molar-refractivity contribution is 5.91. The lowest BCUT2D eigenvalue weighted by atomic mass is 10.0. The highest BCUT2D eigenvalue weighted by Gasteiger charge is 2.25. The second kappa shape index (κ2) is 12.9. The van der Waals surface area contributed by atoms with Gasteiger partial charge in [0, 0.05) is 13.3 Å². The molecule has 0 bridgehead atoms. The standard InChI is InChI=1S/C21H32FN3O3/c1-3-4-5-6-7-8-13-18(20(23)27)25-21(28)19(24-15(2)26)14-16-11-9-10-12-17(16)22/h9-12,18-19H,3-8,13-14H2,1-2H3,(H2,23,27)(H,24,26)(H,25,28)/t18-,19-/m1/s1. The van der Waals surface area contributed by atoms with Gasteiger partial charge in [-0.05, 0) is 18.1 Å². The Bertz CT molecular complexity index is 652. The van der Waals surface area contributed by atoms with Gasteiger partial charge in [-0.15, -0.1) is 0 Å². The maximum Gasteiger partial charge on any atom is 0.243 e. The lowest BCUT2D eigenvalue weighted by Crippen LogP contribution is -2.53. The Kier molecular flexibility index (Phi) is 10.8. The van der Waals surface area contributed by atoms with Crippen LogP contribution in [0.15, 0.2) is 24.3 Å². The maximum absolute atomic E-state index is 13.9. The summed E-state index contributed by atoms with van der Waals surface area (Å²) in [6, 6.07) is 4.26. The monoisotopic (exact) mass is 393 g/mol. The predicted octanol–water partition coefficient (Wildman–Crippen LogP) is 2.59. The van der Waals surface area contributed by atoms with Crippen molar-refractivity contribution in [1.29, 1.82) is 0 Å². The van der Waals surface area contributed by atoms with E-state index >= 15 is 0 Å². The molecular weight excluding hydrogens is 361 g/mol. The van der Waals surface area contributed by atoms with Gasteiger partial charge in [0.05, 0.1) is 0 Å². The van der Waals surface area contributed by atoms with E-state index in [1.54, 1.807) is 18.2 Å². The van der Waals surface area contributed by atoms with Crippen molar-refractivity contribution in [3.05, 3.63) is 35.6 Å². The zero-order valence-electron chi connectivity index (χ0n) is 16.8. The molecule has 6 nitrogen and oxygen atoms in total. The number of rotatable bonds is 13. The average Bonchev–Trinajstić information content (AvgIpc) is 2.64. The summed E-state index contributed by atoms with van der Waals surface area (Å²) in [5, 5.41) is 5.13. The summed E-state index contributed by atoms with van der Waals surface area (Å²) in [7, 11) is 0. The van der Waals surface area contributed by atoms with Gasteiger partial charge < -0.3 is 16.4 Å². The molecule has 0 aliphatic carbocycles. The van der Waals surface area contributed by atoms with Gasteiger partial charge in [-0.2, -0.15) is 0 Å². The molecule has 1 rings (SSSR count). The topological polar surface area (TPSA) is 101 Å². The molecule has 0 heterocycles. The minimum absolute atomic E-state index is 0.0133. The number of nitrogens with two attached hydrogens (primary N) is 1. The first-order valence-electron chi connectivity index (χ1n) is 9.95. The summed E-state index contributed by atoms with van der Waals surface area (Å²) in [5.41, 5.74) is 5.73. The van der Waals surface area contributed by atoms with Crippen LogP contribution in [-0.4, -0.2) is 29.8 Å². The summed E-state index contributed by atoms with van der Waals surface area (Å²) in [4.78, 5) is 35.8. The van der Waals surface area contributed by atoms with Crippen molar-refractivity contribution in [3.63, 3.8) is 0 Å². The van der Waals surface area contributed by atoms with Gasteiger partial charge in [-0.1, -0.05) is 63.6 Å². The molecular formula is C21H32FN3O3. The number of carbonyl (C=O) groups is 3. The Balaban J connectivity index is 2.67. The Morgan fingerprint density at radius 2 is 1.64 bits per heavy atom. The van der Waals surface area contributed by atoms with Crippen LogP contribution >= 0.6 is 0 Å². The van der Waals surface area contributed by atoms with Crippen LogP contribution in [0.25, 0.3) is 0 Å². The number of hydrogen-bond donors (Lipinski definition) is 3. The predicted molar refractivity (Wildman–Crippen MR) is 107 cm³/mol. The van der Waals surface area contributed by atoms with Gasteiger partial charge >= 0.3 is 0 Å². The van der Waals surface area contributed by atoms with Crippen molar-refractivity contribution < 1.29 is 18.8 Å². The zero-order valence-corrected chi connectivity index (χ0v) is 16.8. The highest BCUT2D eigenvalue weighted by Crippen LogP contribution is 2.11. The maximum atomic E-state index is 13.9. The first kappa shape index (κ1) is 23.6. The number of hydrogen-bond acceptors (Lipinski definition) is 3. The van der Waals surface area contributed by atoms with Crippen LogP contribution in [0.3, 0.4) is 0 Å². The molecule has 0 unspecified atom stereocenters. The third kappa shape index (κ3) is 8.97. The molecule has 2 atom stereocenters. The Hall–Kier alpha value is -2.44. The molecule has 1 aromatic rings. The molecule has 1 aromatic carbocycles. The molecule has 28 heavy (non-hydrogen) atoms. The van der Waals surface area contributed by atoms with Gasteiger partial charge in [0.2, 0.25) is 17.7 Å². The van der Waals surface area contributed by atoms with E-state index in [0.29, 0.717) is 12.0 Å². The molecule has 0 saturated heterocycles. The number of primary amides is 1. The van der Waals surface area contributed by atoms with Crippen molar-refractivity contribution in [2.24, 2.45) is 5.73 Å². The molecule has 0 fully saturated rings. The molecule has 0 spiro atoms. The van der Waals surface area contributed by atoms with Crippen LogP contribution in [0, 0.1) is 5.82 Å². The number of benzene rings is 1. The first-order chi connectivity index (χ1) is 13.3. The molecule has 0 aromatic heterocycles. The quantitative estimate of drug-likeness (QED) is 0.449. The van der Waals surface area contributed by atoms with Crippen molar-refractivity contribution in [1.82, 2.24) is 10.6 Å². The molecule has 7 heteroatoms. The third-order valence-corrected chi connectivity index (χ3v) is 4.58. The van der Waals surface area contributed by atoms with Crippen molar-refractivity contribution >= 4 is 17.7 Å².